The number of ether oxygens (including phenoxy) is 2. The molecule has 1 aliphatic heterocycles. The number of hydrogen-bond donors (Lipinski definition) is 0. The van der Waals surface area contributed by atoms with Crippen molar-refractivity contribution in [3.63, 3.8) is 0 Å². The first-order chi connectivity index (χ1) is 13.5. The second kappa shape index (κ2) is 9.63. The minimum Gasteiger partial charge on any atom is -0.421 e. The van der Waals surface area contributed by atoms with E-state index in [9.17, 15) is 9.59 Å². The quantitative estimate of drug-likeness (QED) is 0.359. The molecule has 0 bridgehead atoms. The Labute approximate surface area is 171 Å². The van der Waals surface area contributed by atoms with E-state index >= 15 is 0 Å². The molecule has 4 nitrogen and oxygen atoms in total. The van der Waals surface area contributed by atoms with Crippen molar-refractivity contribution >= 4 is 11.9 Å². The maximum atomic E-state index is 12.3. The third kappa shape index (κ3) is 4.74. The van der Waals surface area contributed by atoms with Crippen molar-refractivity contribution in [1.29, 1.82) is 0 Å². The molecular formula is C24H40O4. The van der Waals surface area contributed by atoms with Gasteiger partial charge in [0.15, 0.2) is 0 Å². The monoisotopic (exact) mass is 392 g/mol. The van der Waals surface area contributed by atoms with Crippen molar-refractivity contribution in [2.45, 2.75) is 122 Å². The van der Waals surface area contributed by atoms with Gasteiger partial charge in [0.25, 0.3) is 5.79 Å². The number of unbranched alkanes of at least 4 members (excludes halogenated alkanes) is 2. The molecule has 3 aliphatic rings. The number of esters is 2. The summed E-state index contributed by atoms with van der Waals surface area (Å²) in [7, 11) is 0. The molecule has 2 aliphatic carbocycles. The first-order valence-corrected chi connectivity index (χ1v) is 12.0. The molecule has 160 valence electrons. The first-order valence-electron chi connectivity index (χ1n) is 12.0. The highest BCUT2D eigenvalue weighted by Crippen LogP contribution is 2.53. The van der Waals surface area contributed by atoms with Gasteiger partial charge in [0, 0.05) is 11.8 Å². The molecule has 3 rings (SSSR count). The Hall–Kier alpha value is -1.06. The Kier molecular flexibility index (Phi) is 7.44. The Morgan fingerprint density at radius 1 is 0.786 bits per heavy atom. The molecule has 1 heterocycles. The van der Waals surface area contributed by atoms with Crippen LogP contribution in [0.1, 0.15) is 117 Å². The number of hydrogen-bond acceptors (Lipinski definition) is 4. The van der Waals surface area contributed by atoms with Crippen LogP contribution in [-0.4, -0.2) is 17.7 Å². The lowest BCUT2D eigenvalue weighted by Crippen LogP contribution is -2.57. The van der Waals surface area contributed by atoms with Gasteiger partial charge in [0.05, 0.1) is 0 Å². The van der Waals surface area contributed by atoms with Gasteiger partial charge in [-0.1, -0.05) is 58.8 Å². The lowest BCUT2D eigenvalue weighted by molar-refractivity contribution is -0.291. The molecule has 28 heavy (non-hydrogen) atoms. The number of cyclic esters (lactones) is 2. The third-order valence-corrected chi connectivity index (χ3v) is 7.75. The standard InChI is InChI=1S/C24H40O4/c1-3-5-14-23(15-6-4-2)16-12-20(13-17-23)24(19-10-8-7-9-11-19)27-21(25)18-22(26)28-24/h19-20H,3-18H2,1-2H3. The van der Waals surface area contributed by atoms with Crippen LogP contribution in [-0.2, 0) is 19.1 Å². The zero-order valence-electron chi connectivity index (χ0n) is 18.1. The molecule has 1 saturated heterocycles. The third-order valence-electron chi connectivity index (χ3n) is 7.75. The first kappa shape index (κ1) is 21.6. The Bertz CT molecular complexity index is 501. The smallest absolute Gasteiger partial charge is 0.320 e. The Morgan fingerprint density at radius 2 is 1.29 bits per heavy atom. The summed E-state index contributed by atoms with van der Waals surface area (Å²) in [5.74, 6) is -1.39. The highest BCUT2D eigenvalue weighted by Gasteiger charge is 2.56. The van der Waals surface area contributed by atoms with Crippen molar-refractivity contribution in [1.82, 2.24) is 0 Å². The minimum atomic E-state index is -0.978. The molecule has 0 atom stereocenters. The van der Waals surface area contributed by atoms with Crippen molar-refractivity contribution in [2.24, 2.45) is 17.3 Å². The van der Waals surface area contributed by atoms with Crippen molar-refractivity contribution in [2.75, 3.05) is 0 Å². The van der Waals surface area contributed by atoms with E-state index in [-0.39, 0.29) is 30.2 Å². The fourth-order valence-corrected chi connectivity index (χ4v) is 6.10. The number of carbonyl (C=O) groups is 2. The molecule has 0 unspecified atom stereocenters. The maximum absolute atomic E-state index is 12.3. The topological polar surface area (TPSA) is 52.6 Å². The predicted octanol–water partition coefficient (Wildman–Crippen LogP) is 6.31. The summed E-state index contributed by atoms with van der Waals surface area (Å²) >= 11 is 0. The van der Waals surface area contributed by atoms with Crippen LogP contribution in [0.2, 0.25) is 0 Å². The summed E-state index contributed by atoms with van der Waals surface area (Å²) in [6.07, 6.45) is 17.4. The van der Waals surface area contributed by atoms with Crippen molar-refractivity contribution in [3.8, 4) is 0 Å². The molecule has 0 aromatic rings. The van der Waals surface area contributed by atoms with Crippen LogP contribution < -0.4 is 0 Å². The minimum absolute atomic E-state index is 0.167. The van der Waals surface area contributed by atoms with Crippen LogP contribution in [0.15, 0.2) is 0 Å². The van der Waals surface area contributed by atoms with Gasteiger partial charge in [0.1, 0.15) is 6.42 Å². The molecule has 0 amide bonds. The van der Waals surface area contributed by atoms with Crippen LogP contribution in [0.5, 0.6) is 0 Å². The average molecular weight is 393 g/mol. The van der Waals surface area contributed by atoms with E-state index in [1.165, 1.54) is 57.8 Å². The molecule has 3 fully saturated rings. The van der Waals surface area contributed by atoms with Gasteiger partial charge < -0.3 is 9.47 Å². The van der Waals surface area contributed by atoms with Crippen LogP contribution in [0.4, 0.5) is 0 Å². The van der Waals surface area contributed by atoms with Crippen molar-refractivity contribution < 1.29 is 19.1 Å². The van der Waals surface area contributed by atoms with Gasteiger partial charge in [-0.3, -0.25) is 9.59 Å². The molecule has 4 heteroatoms. The maximum Gasteiger partial charge on any atom is 0.320 e. The number of rotatable bonds is 8. The van der Waals surface area contributed by atoms with E-state index in [1.807, 2.05) is 0 Å². The zero-order chi connectivity index (χ0) is 20.0. The van der Waals surface area contributed by atoms with E-state index in [0.29, 0.717) is 5.41 Å². The number of carbonyl (C=O) groups excluding carboxylic acids is 2. The van der Waals surface area contributed by atoms with E-state index in [4.69, 9.17) is 9.47 Å². The lowest BCUT2D eigenvalue weighted by Gasteiger charge is -2.51. The Balaban J connectivity index is 1.76. The summed E-state index contributed by atoms with van der Waals surface area (Å²) in [6.45, 7) is 4.55. The summed E-state index contributed by atoms with van der Waals surface area (Å²) in [4.78, 5) is 24.5. The second-order valence-electron chi connectivity index (χ2n) is 9.66. The van der Waals surface area contributed by atoms with E-state index < -0.39 is 5.79 Å². The molecule has 0 spiro atoms. The molecule has 0 radical (unpaired) electrons. The molecule has 0 N–H and O–H groups in total. The second-order valence-corrected chi connectivity index (χ2v) is 9.66. The predicted molar refractivity (Wildman–Crippen MR) is 110 cm³/mol. The summed E-state index contributed by atoms with van der Waals surface area (Å²) < 4.78 is 11.9. The zero-order valence-corrected chi connectivity index (χ0v) is 18.1. The fourth-order valence-electron chi connectivity index (χ4n) is 6.10. The largest absolute Gasteiger partial charge is 0.421 e. The summed E-state index contributed by atoms with van der Waals surface area (Å²) in [5, 5.41) is 0. The highest BCUT2D eigenvalue weighted by molar-refractivity contribution is 5.93. The van der Waals surface area contributed by atoms with Crippen LogP contribution >= 0.6 is 0 Å². The van der Waals surface area contributed by atoms with E-state index in [2.05, 4.69) is 13.8 Å². The molecule has 2 saturated carbocycles. The summed E-state index contributed by atoms with van der Waals surface area (Å²) in [5.41, 5.74) is 0.443. The van der Waals surface area contributed by atoms with Gasteiger partial charge >= 0.3 is 11.9 Å². The molecular weight excluding hydrogens is 352 g/mol. The van der Waals surface area contributed by atoms with Gasteiger partial charge in [-0.2, -0.15) is 0 Å². The van der Waals surface area contributed by atoms with Gasteiger partial charge in [-0.05, 0) is 56.8 Å². The Morgan fingerprint density at radius 3 is 1.79 bits per heavy atom. The van der Waals surface area contributed by atoms with Crippen LogP contribution in [0.3, 0.4) is 0 Å². The van der Waals surface area contributed by atoms with Gasteiger partial charge in [0.2, 0.25) is 0 Å². The van der Waals surface area contributed by atoms with Crippen LogP contribution in [0.25, 0.3) is 0 Å². The van der Waals surface area contributed by atoms with Gasteiger partial charge in [-0.15, -0.1) is 0 Å². The van der Waals surface area contributed by atoms with Gasteiger partial charge in [-0.25, -0.2) is 0 Å². The SMILES string of the molecule is CCCCC1(CCCC)CCC(C2(C3CCCCC3)OC(=O)CC(=O)O2)CC1. The van der Waals surface area contributed by atoms with Crippen molar-refractivity contribution in [3.05, 3.63) is 0 Å². The van der Waals surface area contributed by atoms with E-state index in [1.54, 1.807) is 0 Å². The average Bonchev–Trinajstić information content (AvgIpc) is 2.71. The normalized spacial score (nSPS) is 25.9. The lowest BCUT2D eigenvalue weighted by atomic mass is 9.62. The molecule has 0 aromatic carbocycles. The van der Waals surface area contributed by atoms with E-state index in [0.717, 1.165) is 38.5 Å². The van der Waals surface area contributed by atoms with Crippen LogP contribution in [0, 0.1) is 17.3 Å². The molecule has 0 aromatic heterocycles. The summed E-state index contributed by atoms with van der Waals surface area (Å²) in [6, 6.07) is 0. The highest BCUT2D eigenvalue weighted by atomic mass is 16.7. The fraction of sp³-hybridized carbons (Fsp3) is 0.917.